The molecule has 5 heteroatoms. The summed E-state index contributed by atoms with van der Waals surface area (Å²) in [6.45, 7) is 0.690. The van der Waals surface area contributed by atoms with Gasteiger partial charge in [-0.2, -0.15) is 0 Å². The van der Waals surface area contributed by atoms with E-state index >= 15 is 0 Å². The SMILES string of the molecule is COc1ccc(Br)cc1-c1csc(C2(CN)CC2)n1. The van der Waals surface area contributed by atoms with Crippen LogP contribution in [0.15, 0.2) is 28.1 Å². The van der Waals surface area contributed by atoms with Gasteiger partial charge in [0.1, 0.15) is 10.8 Å². The second-order valence-corrected chi connectivity index (χ2v) is 6.64. The van der Waals surface area contributed by atoms with Crippen LogP contribution in [0.4, 0.5) is 0 Å². The number of benzene rings is 1. The van der Waals surface area contributed by atoms with E-state index in [1.165, 1.54) is 0 Å². The lowest BCUT2D eigenvalue weighted by Crippen LogP contribution is -2.19. The average molecular weight is 339 g/mol. The maximum atomic E-state index is 5.86. The molecule has 19 heavy (non-hydrogen) atoms. The molecule has 2 aromatic rings. The minimum atomic E-state index is 0.155. The normalized spacial score (nSPS) is 16.4. The molecular formula is C14H15BrN2OS. The third kappa shape index (κ3) is 2.30. The molecule has 1 aromatic carbocycles. The number of hydrogen-bond donors (Lipinski definition) is 1. The van der Waals surface area contributed by atoms with Crippen molar-refractivity contribution in [2.24, 2.45) is 5.73 Å². The van der Waals surface area contributed by atoms with Crippen LogP contribution in [0.3, 0.4) is 0 Å². The van der Waals surface area contributed by atoms with Crippen LogP contribution in [0.5, 0.6) is 5.75 Å². The Labute approximate surface area is 124 Å². The van der Waals surface area contributed by atoms with E-state index in [0.29, 0.717) is 6.54 Å². The van der Waals surface area contributed by atoms with Crippen LogP contribution in [-0.4, -0.2) is 18.6 Å². The number of nitrogens with two attached hydrogens (primary N) is 1. The van der Waals surface area contributed by atoms with Gasteiger partial charge in [0.2, 0.25) is 0 Å². The van der Waals surface area contributed by atoms with Crippen molar-refractivity contribution in [3.05, 3.63) is 33.1 Å². The van der Waals surface area contributed by atoms with Crippen molar-refractivity contribution in [1.29, 1.82) is 0 Å². The number of methoxy groups -OCH3 is 1. The summed E-state index contributed by atoms with van der Waals surface area (Å²) >= 11 is 5.20. The molecule has 3 rings (SSSR count). The summed E-state index contributed by atoms with van der Waals surface area (Å²) in [5.41, 5.74) is 8.01. The van der Waals surface area contributed by atoms with Gasteiger partial charge in [0, 0.05) is 27.4 Å². The van der Waals surface area contributed by atoms with Crippen LogP contribution < -0.4 is 10.5 Å². The molecule has 0 bridgehead atoms. The standard InChI is InChI=1S/C14H15BrN2OS/c1-18-12-3-2-9(15)6-10(12)11-7-19-13(17-11)14(8-16)4-5-14/h2-3,6-7H,4-5,8,16H2,1H3. The molecule has 2 N–H and O–H groups in total. The van der Waals surface area contributed by atoms with Gasteiger partial charge in [0.05, 0.1) is 12.8 Å². The molecule has 0 unspecified atom stereocenters. The van der Waals surface area contributed by atoms with E-state index in [-0.39, 0.29) is 5.41 Å². The number of hydrogen-bond acceptors (Lipinski definition) is 4. The number of rotatable bonds is 4. The van der Waals surface area contributed by atoms with Crippen LogP contribution in [-0.2, 0) is 5.41 Å². The van der Waals surface area contributed by atoms with E-state index in [1.807, 2.05) is 18.2 Å². The predicted molar refractivity (Wildman–Crippen MR) is 81.8 cm³/mol. The molecule has 0 radical (unpaired) electrons. The van der Waals surface area contributed by atoms with E-state index in [2.05, 4.69) is 21.3 Å². The highest BCUT2D eigenvalue weighted by Crippen LogP contribution is 2.49. The molecule has 1 saturated carbocycles. The molecule has 0 atom stereocenters. The first-order chi connectivity index (χ1) is 9.18. The van der Waals surface area contributed by atoms with Crippen molar-refractivity contribution in [3.8, 4) is 17.0 Å². The van der Waals surface area contributed by atoms with Gasteiger partial charge >= 0.3 is 0 Å². The van der Waals surface area contributed by atoms with Gasteiger partial charge in [-0.05, 0) is 31.0 Å². The lowest BCUT2D eigenvalue weighted by Gasteiger charge is -2.08. The average Bonchev–Trinajstić information content (AvgIpc) is 3.08. The number of ether oxygens (including phenoxy) is 1. The summed E-state index contributed by atoms with van der Waals surface area (Å²) in [6, 6.07) is 5.96. The van der Waals surface area contributed by atoms with Gasteiger partial charge < -0.3 is 10.5 Å². The Kier molecular flexibility index (Phi) is 3.37. The minimum absolute atomic E-state index is 0.155. The van der Waals surface area contributed by atoms with Crippen LogP contribution in [0.25, 0.3) is 11.3 Å². The molecule has 0 saturated heterocycles. The molecule has 0 amide bonds. The highest BCUT2D eigenvalue weighted by atomic mass is 79.9. The third-order valence-electron chi connectivity index (χ3n) is 3.64. The highest BCUT2D eigenvalue weighted by molar-refractivity contribution is 9.10. The monoisotopic (exact) mass is 338 g/mol. The fourth-order valence-corrected chi connectivity index (χ4v) is 3.63. The van der Waals surface area contributed by atoms with Crippen molar-refractivity contribution in [3.63, 3.8) is 0 Å². The first-order valence-electron chi connectivity index (χ1n) is 6.18. The van der Waals surface area contributed by atoms with Gasteiger partial charge in [-0.1, -0.05) is 15.9 Å². The predicted octanol–water partition coefficient (Wildman–Crippen LogP) is 3.57. The Morgan fingerprint density at radius 1 is 1.47 bits per heavy atom. The van der Waals surface area contributed by atoms with Crippen molar-refractivity contribution >= 4 is 27.3 Å². The van der Waals surface area contributed by atoms with E-state index in [4.69, 9.17) is 15.5 Å². The zero-order valence-corrected chi connectivity index (χ0v) is 13.1. The molecular weight excluding hydrogens is 324 g/mol. The smallest absolute Gasteiger partial charge is 0.128 e. The quantitative estimate of drug-likeness (QED) is 0.926. The summed E-state index contributed by atoms with van der Waals surface area (Å²) in [5.74, 6) is 0.845. The Morgan fingerprint density at radius 3 is 2.89 bits per heavy atom. The van der Waals surface area contributed by atoms with E-state index < -0.39 is 0 Å². The first kappa shape index (κ1) is 13.1. The molecule has 0 aliphatic heterocycles. The molecule has 1 aliphatic rings. The second-order valence-electron chi connectivity index (χ2n) is 4.87. The van der Waals surface area contributed by atoms with Crippen molar-refractivity contribution < 1.29 is 4.74 Å². The minimum Gasteiger partial charge on any atom is -0.496 e. The molecule has 3 nitrogen and oxygen atoms in total. The van der Waals surface area contributed by atoms with Crippen molar-refractivity contribution in [2.75, 3.05) is 13.7 Å². The largest absolute Gasteiger partial charge is 0.496 e. The van der Waals surface area contributed by atoms with Gasteiger partial charge in [0.25, 0.3) is 0 Å². The van der Waals surface area contributed by atoms with Gasteiger partial charge in [-0.25, -0.2) is 4.98 Å². The first-order valence-corrected chi connectivity index (χ1v) is 7.86. The Morgan fingerprint density at radius 2 is 2.26 bits per heavy atom. The van der Waals surface area contributed by atoms with Gasteiger partial charge in [-0.15, -0.1) is 11.3 Å². The third-order valence-corrected chi connectivity index (χ3v) is 5.22. The van der Waals surface area contributed by atoms with E-state index in [9.17, 15) is 0 Å². The maximum Gasteiger partial charge on any atom is 0.128 e. The number of thiazole rings is 1. The fourth-order valence-electron chi connectivity index (χ4n) is 2.18. The summed E-state index contributed by atoms with van der Waals surface area (Å²) < 4.78 is 6.44. The molecule has 100 valence electrons. The lowest BCUT2D eigenvalue weighted by atomic mass is 10.1. The number of aromatic nitrogens is 1. The Hall–Kier alpha value is -0.910. The van der Waals surface area contributed by atoms with Crippen LogP contribution in [0.1, 0.15) is 17.8 Å². The molecule has 1 fully saturated rings. The fraction of sp³-hybridized carbons (Fsp3) is 0.357. The zero-order valence-electron chi connectivity index (χ0n) is 10.6. The van der Waals surface area contributed by atoms with Crippen LogP contribution >= 0.6 is 27.3 Å². The van der Waals surface area contributed by atoms with E-state index in [1.54, 1.807) is 18.4 Å². The van der Waals surface area contributed by atoms with Crippen molar-refractivity contribution in [2.45, 2.75) is 18.3 Å². The number of halogens is 1. The molecule has 0 spiro atoms. The summed E-state index contributed by atoms with van der Waals surface area (Å²) in [4.78, 5) is 4.77. The molecule has 1 heterocycles. The van der Waals surface area contributed by atoms with Crippen molar-refractivity contribution in [1.82, 2.24) is 4.98 Å². The summed E-state index contributed by atoms with van der Waals surface area (Å²) in [7, 11) is 1.68. The molecule has 1 aromatic heterocycles. The summed E-state index contributed by atoms with van der Waals surface area (Å²) in [6.07, 6.45) is 2.32. The van der Waals surface area contributed by atoms with E-state index in [0.717, 1.165) is 39.3 Å². The Bertz CT molecular complexity index is 607. The second kappa shape index (κ2) is 4.89. The highest BCUT2D eigenvalue weighted by Gasteiger charge is 2.45. The van der Waals surface area contributed by atoms with Crippen LogP contribution in [0.2, 0.25) is 0 Å². The van der Waals surface area contributed by atoms with Crippen LogP contribution in [0, 0.1) is 0 Å². The zero-order chi connectivity index (χ0) is 13.5. The van der Waals surface area contributed by atoms with Gasteiger partial charge in [0.15, 0.2) is 0 Å². The Balaban J connectivity index is 2.01. The topological polar surface area (TPSA) is 48.1 Å². The summed E-state index contributed by atoms with van der Waals surface area (Å²) in [5, 5.41) is 3.25. The molecule has 1 aliphatic carbocycles. The lowest BCUT2D eigenvalue weighted by molar-refractivity contribution is 0.416. The van der Waals surface area contributed by atoms with Gasteiger partial charge in [-0.3, -0.25) is 0 Å². The maximum absolute atomic E-state index is 5.86. The number of nitrogens with zero attached hydrogens (tertiary/aromatic N) is 1.